The highest BCUT2D eigenvalue weighted by molar-refractivity contribution is 7.85. The average Bonchev–Trinajstić information content (AvgIpc) is 2.96. The van der Waals surface area contributed by atoms with Gasteiger partial charge in [-0.05, 0) is 19.3 Å². The third kappa shape index (κ3) is 32.3. The molecule has 0 spiro atoms. The predicted octanol–water partition coefficient (Wildman–Crippen LogP) is 10.2. The van der Waals surface area contributed by atoms with Crippen molar-refractivity contribution < 1.29 is 22.9 Å². The third-order valence-corrected chi connectivity index (χ3v) is 9.24. The van der Waals surface area contributed by atoms with Crippen LogP contribution in [0.5, 0.6) is 0 Å². The molecule has 0 radical (unpaired) electrons. The van der Waals surface area contributed by atoms with Crippen molar-refractivity contribution in [3.8, 4) is 0 Å². The molecule has 2 atom stereocenters. The fraction of sp³-hybridized carbons (Fsp3) is 0.917. The summed E-state index contributed by atoms with van der Waals surface area (Å²) in [7, 11) is -4.33. The number of amides is 1. The zero-order chi connectivity index (χ0) is 31.9. The Labute approximate surface area is 267 Å². The van der Waals surface area contributed by atoms with Gasteiger partial charge in [-0.2, -0.15) is 8.42 Å². The molecule has 0 aromatic rings. The monoisotopic (exact) mass is 630 g/mol. The molecule has 0 aromatic heterocycles. The second-order valence-electron chi connectivity index (χ2n) is 12.9. The number of carbonyl (C=O) groups excluding carboxylic acids is 1. The van der Waals surface area contributed by atoms with Crippen molar-refractivity contribution in [2.45, 2.75) is 206 Å². The van der Waals surface area contributed by atoms with E-state index in [1.807, 2.05) is 6.08 Å². The van der Waals surface area contributed by atoms with E-state index in [1.54, 1.807) is 6.08 Å². The molecule has 256 valence electrons. The van der Waals surface area contributed by atoms with Gasteiger partial charge in [0.2, 0.25) is 5.91 Å². The summed E-state index contributed by atoms with van der Waals surface area (Å²) in [5.74, 6) is -0.975. The van der Waals surface area contributed by atoms with Crippen LogP contribution < -0.4 is 5.32 Å². The van der Waals surface area contributed by atoms with E-state index in [-0.39, 0.29) is 5.91 Å². The van der Waals surface area contributed by atoms with E-state index in [0.717, 1.165) is 38.5 Å². The van der Waals surface area contributed by atoms with Crippen molar-refractivity contribution in [3.05, 3.63) is 12.2 Å². The number of hydrogen-bond donors (Lipinski definition) is 3. The molecule has 3 N–H and O–H groups in total. The number of aliphatic hydroxyl groups is 1. The van der Waals surface area contributed by atoms with Gasteiger partial charge < -0.3 is 10.4 Å². The van der Waals surface area contributed by atoms with E-state index in [0.29, 0.717) is 6.42 Å². The van der Waals surface area contributed by atoms with E-state index in [9.17, 15) is 22.9 Å². The van der Waals surface area contributed by atoms with Crippen LogP contribution in [-0.2, 0) is 14.9 Å². The molecule has 7 heteroatoms. The van der Waals surface area contributed by atoms with Gasteiger partial charge in [0.25, 0.3) is 10.1 Å². The Bertz CT molecular complexity index is 740. The molecule has 0 rings (SSSR count). The van der Waals surface area contributed by atoms with Crippen LogP contribution in [0.25, 0.3) is 0 Å². The lowest BCUT2D eigenvalue weighted by molar-refractivity contribution is -0.122. The molecule has 6 nitrogen and oxygen atoms in total. The van der Waals surface area contributed by atoms with E-state index in [4.69, 9.17) is 0 Å². The molecule has 1 amide bonds. The summed E-state index contributed by atoms with van der Waals surface area (Å²) in [4.78, 5) is 12.4. The molecule has 0 saturated carbocycles. The predicted molar refractivity (Wildman–Crippen MR) is 184 cm³/mol. The molecule has 2 unspecified atom stereocenters. The third-order valence-electron chi connectivity index (χ3n) is 8.46. The first-order valence-electron chi connectivity index (χ1n) is 18.4. The zero-order valence-corrected chi connectivity index (χ0v) is 29.2. The summed E-state index contributed by atoms with van der Waals surface area (Å²) >= 11 is 0. The largest absolute Gasteiger partial charge is 0.387 e. The molecule has 0 heterocycles. The maximum absolute atomic E-state index is 12.4. The first-order valence-corrected chi connectivity index (χ1v) is 20.0. The van der Waals surface area contributed by atoms with Crippen LogP contribution in [0.15, 0.2) is 12.2 Å². The van der Waals surface area contributed by atoms with E-state index < -0.39 is 28.0 Å². The highest BCUT2D eigenvalue weighted by Gasteiger charge is 2.24. The summed E-state index contributed by atoms with van der Waals surface area (Å²) < 4.78 is 32.2. The number of rotatable bonds is 33. The van der Waals surface area contributed by atoms with Crippen molar-refractivity contribution in [2.24, 2.45) is 0 Å². The molecule has 43 heavy (non-hydrogen) atoms. The van der Waals surface area contributed by atoms with Gasteiger partial charge in [0.1, 0.15) is 0 Å². The first kappa shape index (κ1) is 42.1. The molecule has 0 bridgehead atoms. The Morgan fingerprint density at radius 2 is 0.953 bits per heavy atom. The SMILES string of the molecule is CCCCCCCCCCCCCCCCCCCC/C=C/C(O)C(CS(=O)(=O)O)NC(=O)CCCCCCCCCC. The number of aliphatic hydroxyl groups excluding tert-OH is 1. The van der Waals surface area contributed by atoms with Crippen LogP contribution >= 0.6 is 0 Å². The van der Waals surface area contributed by atoms with Gasteiger partial charge in [0, 0.05) is 6.42 Å². The molecule has 0 aromatic carbocycles. The molecule has 0 fully saturated rings. The minimum absolute atomic E-state index is 0.282. The Morgan fingerprint density at radius 1 is 0.605 bits per heavy atom. The highest BCUT2D eigenvalue weighted by Crippen LogP contribution is 2.15. The summed E-state index contributed by atoms with van der Waals surface area (Å²) in [5.41, 5.74) is 0. The lowest BCUT2D eigenvalue weighted by Crippen LogP contribution is -2.46. The summed E-state index contributed by atoms with van der Waals surface area (Å²) in [5, 5.41) is 13.1. The van der Waals surface area contributed by atoms with Crippen molar-refractivity contribution in [2.75, 3.05) is 5.75 Å². The maximum Gasteiger partial charge on any atom is 0.267 e. The number of unbranched alkanes of at least 4 members (excludes halogenated alkanes) is 25. The van der Waals surface area contributed by atoms with Crippen molar-refractivity contribution in [3.63, 3.8) is 0 Å². The lowest BCUT2D eigenvalue weighted by Gasteiger charge is -2.21. The Kier molecular flexibility index (Phi) is 30.4. The van der Waals surface area contributed by atoms with Crippen LogP contribution in [0.4, 0.5) is 0 Å². The van der Waals surface area contributed by atoms with Crippen LogP contribution in [-0.4, -0.2) is 41.9 Å². The standard InChI is InChI=1S/C36H71NO5S/c1-3-5-7-9-11-13-14-15-16-17-18-19-20-21-22-23-24-25-27-29-31-35(38)34(33-43(40,41)42)37-36(39)32-30-28-26-12-10-8-6-4-2/h29,31,34-35,38H,3-28,30,32-33H2,1-2H3,(H,37,39)(H,40,41,42)/b31-29+. The Hall–Kier alpha value is -0.920. The van der Waals surface area contributed by atoms with Crippen LogP contribution in [0.2, 0.25) is 0 Å². The second-order valence-corrected chi connectivity index (χ2v) is 14.4. The van der Waals surface area contributed by atoms with Gasteiger partial charge in [0.15, 0.2) is 0 Å². The smallest absolute Gasteiger partial charge is 0.267 e. The number of allylic oxidation sites excluding steroid dienone is 1. The van der Waals surface area contributed by atoms with Crippen molar-refractivity contribution in [1.82, 2.24) is 5.32 Å². The highest BCUT2D eigenvalue weighted by atomic mass is 32.2. The van der Waals surface area contributed by atoms with Gasteiger partial charge in [-0.3, -0.25) is 9.35 Å². The molecule has 0 saturated heterocycles. The van der Waals surface area contributed by atoms with Crippen LogP contribution in [0, 0.1) is 0 Å². The number of nitrogens with one attached hydrogen (secondary N) is 1. The van der Waals surface area contributed by atoms with Gasteiger partial charge in [-0.15, -0.1) is 0 Å². The van der Waals surface area contributed by atoms with Gasteiger partial charge in [-0.1, -0.05) is 180 Å². The summed E-state index contributed by atoms with van der Waals surface area (Å²) in [6, 6.07) is -1.05. The lowest BCUT2D eigenvalue weighted by atomic mass is 10.0. The average molecular weight is 630 g/mol. The minimum atomic E-state index is -4.33. The fourth-order valence-corrected chi connectivity index (χ4v) is 6.42. The summed E-state index contributed by atoms with van der Waals surface area (Å²) in [6.45, 7) is 4.47. The van der Waals surface area contributed by atoms with E-state index >= 15 is 0 Å². The van der Waals surface area contributed by atoms with E-state index in [2.05, 4.69) is 19.2 Å². The summed E-state index contributed by atoms with van der Waals surface area (Å²) in [6.07, 6.45) is 36.4. The molecular formula is C36H71NO5S. The normalized spacial score (nSPS) is 13.5. The minimum Gasteiger partial charge on any atom is -0.387 e. The molecular weight excluding hydrogens is 558 g/mol. The molecule has 0 aliphatic carbocycles. The Balaban J connectivity index is 3.86. The fourth-order valence-electron chi connectivity index (χ4n) is 5.68. The van der Waals surface area contributed by atoms with Crippen molar-refractivity contribution >= 4 is 16.0 Å². The second kappa shape index (κ2) is 31.1. The number of hydrogen-bond acceptors (Lipinski definition) is 4. The molecule has 0 aliphatic heterocycles. The molecule has 0 aliphatic rings. The van der Waals surface area contributed by atoms with Gasteiger partial charge >= 0.3 is 0 Å². The van der Waals surface area contributed by atoms with Crippen LogP contribution in [0.3, 0.4) is 0 Å². The van der Waals surface area contributed by atoms with Gasteiger partial charge in [0.05, 0.1) is 17.9 Å². The topological polar surface area (TPSA) is 104 Å². The van der Waals surface area contributed by atoms with Crippen LogP contribution in [0.1, 0.15) is 194 Å². The maximum atomic E-state index is 12.4. The first-order chi connectivity index (χ1) is 20.8. The Morgan fingerprint density at radius 3 is 1.33 bits per heavy atom. The number of carbonyl (C=O) groups is 1. The van der Waals surface area contributed by atoms with E-state index in [1.165, 1.54) is 135 Å². The van der Waals surface area contributed by atoms with Gasteiger partial charge in [-0.25, -0.2) is 0 Å². The quantitative estimate of drug-likeness (QED) is 0.0381. The van der Waals surface area contributed by atoms with Crippen molar-refractivity contribution in [1.29, 1.82) is 0 Å². The zero-order valence-electron chi connectivity index (χ0n) is 28.3.